The Morgan fingerprint density at radius 1 is 1.10 bits per heavy atom. The molecule has 0 saturated carbocycles. The van der Waals surface area contributed by atoms with E-state index in [1.54, 1.807) is 19.1 Å². The first-order chi connectivity index (χ1) is 13.8. The monoisotopic (exact) mass is 417 g/mol. The van der Waals surface area contributed by atoms with Gasteiger partial charge in [-0.25, -0.2) is 18.6 Å². The van der Waals surface area contributed by atoms with Crippen LogP contribution < -0.4 is 10.9 Å². The average Bonchev–Trinajstić information content (AvgIpc) is 3.17. The number of furan rings is 1. The molecular weight excluding hydrogens is 398 g/mol. The number of nitriles is 1. The van der Waals surface area contributed by atoms with E-state index in [4.69, 9.17) is 9.68 Å². The van der Waals surface area contributed by atoms with Gasteiger partial charge in [-0.05, 0) is 25.1 Å². The van der Waals surface area contributed by atoms with E-state index in [9.17, 15) is 18.0 Å². The molecule has 2 N–H and O–H groups in total. The van der Waals surface area contributed by atoms with Crippen molar-refractivity contribution in [2.24, 2.45) is 0 Å². The van der Waals surface area contributed by atoms with Crippen LogP contribution in [0.3, 0.4) is 0 Å². The van der Waals surface area contributed by atoms with Crippen LogP contribution in [0.5, 0.6) is 0 Å². The third-order valence-corrected chi connectivity index (χ3v) is 6.49. The van der Waals surface area contributed by atoms with Gasteiger partial charge in [-0.15, -0.1) is 0 Å². The maximum atomic E-state index is 12.8. The number of rotatable bonds is 3. The Morgan fingerprint density at radius 3 is 2.41 bits per heavy atom. The minimum Gasteiger partial charge on any atom is -0.469 e. The lowest BCUT2D eigenvalue weighted by Gasteiger charge is -2.34. The van der Waals surface area contributed by atoms with E-state index in [0.29, 0.717) is 11.3 Å². The van der Waals surface area contributed by atoms with Gasteiger partial charge >= 0.3 is 6.03 Å². The molecule has 0 aliphatic carbocycles. The number of hydrazine groups is 1. The summed E-state index contributed by atoms with van der Waals surface area (Å²) in [6.45, 7) is 2.05. The Morgan fingerprint density at radius 2 is 1.79 bits per heavy atom. The van der Waals surface area contributed by atoms with E-state index in [2.05, 4.69) is 10.9 Å². The summed E-state index contributed by atoms with van der Waals surface area (Å²) in [5.74, 6) is -0.0906. The van der Waals surface area contributed by atoms with Gasteiger partial charge in [-0.1, -0.05) is 12.1 Å². The Bertz CT molecular complexity index is 1060. The molecule has 2 aromatic rings. The number of amides is 3. The van der Waals surface area contributed by atoms with E-state index >= 15 is 0 Å². The van der Waals surface area contributed by atoms with E-state index < -0.39 is 22.0 Å². The highest BCUT2D eigenvalue weighted by atomic mass is 32.2. The van der Waals surface area contributed by atoms with Gasteiger partial charge in [0.2, 0.25) is 10.0 Å². The lowest BCUT2D eigenvalue weighted by atomic mass is 10.2. The molecule has 1 aliphatic heterocycles. The summed E-state index contributed by atoms with van der Waals surface area (Å²) in [5.41, 5.74) is 4.98. The average molecular weight is 417 g/mol. The Balaban J connectivity index is 1.57. The van der Waals surface area contributed by atoms with Crippen LogP contribution in [0.4, 0.5) is 4.79 Å². The van der Waals surface area contributed by atoms with Crippen molar-refractivity contribution < 1.29 is 22.4 Å². The number of nitrogens with one attached hydrogen (secondary N) is 2. The molecular formula is C18H19N5O5S. The summed E-state index contributed by atoms with van der Waals surface area (Å²) in [6, 6.07) is 8.81. The number of piperazine rings is 1. The highest BCUT2D eigenvalue weighted by molar-refractivity contribution is 7.89. The minimum atomic E-state index is -3.84. The molecule has 0 spiro atoms. The fourth-order valence-corrected chi connectivity index (χ4v) is 4.50. The zero-order valence-electron chi connectivity index (χ0n) is 15.6. The molecule has 1 saturated heterocycles. The Hall–Kier alpha value is -3.36. The number of hydrogen-bond acceptors (Lipinski definition) is 6. The smallest absolute Gasteiger partial charge is 0.336 e. The van der Waals surface area contributed by atoms with Gasteiger partial charge in [0.05, 0.1) is 22.3 Å². The van der Waals surface area contributed by atoms with Crippen LogP contribution in [0.25, 0.3) is 0 Å². The molecule has 3 rings (SSSR count). The number of nitrogens with zero attached hydrogens (tertiary/aromatic N) is 3. The largest absolute Gasteiger partial charge is 0.469 e. The van der Waals surface area contributed by atoms with E-state index in [0.717, 1.165) is 0 Å². The number of carbonyl (C=O) groups excluding carboxylic acids is 2. The normalized spacial score (nSPS) is 14.8. The van der Waals surface area contributed by atoms with Gasteiger partial charge in [0.1, 0.15) is 11.8 Å². The zero-order valence-corrected chi connectivity index (χ0v) is 16.4. The molecule has 0 radical (unpaired) electrons. The molecule has 1 aromatic heterocycles. The van der Waals surface area contributed by atoms with Crippen LogP contribution in [0.2, 0.25) is 0 Å². The lowest BCUT2D eigenvalue weighted by Crippen LogP contribution is -2.56. The molecule has 10 nitrogen and oxygen atoms in total. The maximum Gasteiger partial charge on any atom is 0.336 e. The molecule has 0 bridgehead atoms. The van der Waals surface area contributed by atoms with Crippen LogP contribution in [0, 0.1) is 18.3 Å². The second kappa shape index (κ2) is 8.34. The van der Waals surface area contributed by atoms with Crippen molar-refractivity contribution in [1.29, 1.82) is 5.26 Å². The number of aryl methyl sites for hydroxylation is 1. The first-order valence-electron chi connectivity index (χ1n) is 8.73. The Labute approximate surface area is 167 Å². The molecule has 3 amide bonds. The lowest BCUT2D eigenvalue weighted by molar-refractivity contribution is 0.0925. The summed E-state index contributed by atoms with van der Waals surface area (Å²) in [6.07, 6.45) is 1.37. The van der Waals surface area contributed by atoms with Crippen LogP contribution in [0.15, 0.2) is 45.9 Å². The molecule has 1 aromatic carbocycles. The van der Waals surface area contributed by atoms with E-state index in [1.165, 1.54) is 33.7 Å². The van der Waals surface area contributed by atoms with E-state index in [1.807, 2.05) is 6.07 Å². The third-order valence-electron chi connectivity index (χ3n) is 4.54. The predicted octanol–water partition coefficient (Wildman–Crippen LogP) is 0.821. The van der Waals surface area contributed by atoms with Gasteiger partial charge < -0.3 is 9.32 Å². The summed E-state index contributed by atoms with van der Waals surface area (Å²) >= 11 is 0. The Kier molecular flexibility index (Phi) is 5.86. The molecule has 2 heterocycles. The topological polar surface area (TPSA) is 136 Å². The maximum absolute atomic E-state index is 12.8. The minimum absolute atomic E-state index is 0.0526. The van der Waals surface area contributed by atoms with Gasteiger partial charge in [-0.3, -0.25) is 10.2 Å². The number of benzene rings is 1. The van der Waals surface area contributed by atoms with Gasteiger partial charge in [0.15, 0.2) is 0 Å². The number of carbonyl (C=O) groups is 2. The van der Waals surface area contributed by atoms with E-state index in [-0.39, 0.29) is 36.6 Å². The third kappa shape index (κ3) is 4.23. The highest BCUT2D eigenvalue weighted by Crippen LogP contribution is 2.21. The van der Waals surface area contributed by atoms with Crippen molar-refractivity contribution in [1.82, 2.24) is 20.1 Å². The van der Waals surface area contributed by atoms with Crippen LogP contribution in [0.1, 0.15) is 21.7 Å². The standard InChI is InChI=1S/C18H19N5O5S/c1-13-15(6-11-28-13)17(24)20-21-18(25)22-7-9-23(10-8-22)29(26,27)16-5-3-2-4-14(16)12-19/h2-6,11H,7-10H2,1H3,(H,20,24)(H,21,25). The second-order valence-corrected chi connectivity index (χ2v) is 8.18. The SMILES string of the molecule is Cc1occc1C(=O)NNC(=O)N1CCN(S(=O)(=O)c2ccccc2C#N)CC1. The summed E-state index contributed by atoms with van der Waals surface area (Å²) in [5, 5.41) is 9.15. The van der Waals surface area contributed by atoms with Crippen LogP contribution >= 0.6 is 0 Å². The number of hydrogen-bond donors (Lipinski definition) is 2. The molecule has 0 unspecified atom stereocenters. The fourth-order valence-electron chi connectivity index (χ4n) is 2.93. The van der Waals surface area contributed by atoms with Crippen molar-refractivity contribution in [2.75, 3.05) is 26.2 Å². The number of urea groups is 1. The molecule has 1 aliphatic rings. The van der Waals surface area contributed by atoms with Gasteiger partial charge in [0.25, 0.3) is 5.91 Å². The van der Waals surface area contributed by atoms with Gasteiger partial charge in [-0.2, -0.15) is 9.57 Å². The summed E-state index contributed by atoms with van der Waals surface area (Å²) < 4.78 is 31.9. The summed E-state index contributed by atoms with van der Waals surface area (Å²) in [7, 11) is -3.84. The van der Waals surface area contributed by atoms with Crippen molar-refractivity contribution >= 4 is 22.0 Å². The van der Waals surface area contributed by atoms with Crippen molar-refractivity contribution in [3.63, 3.8) is 0 Å². The second-order valence-electron chi connectivity index (χ2n) is 6.27. The van der Waals surface area contributed by atoms with Crippen molar-refractivity contribution in [2.45, 2.75) is 11.8 Å². The number of sulfonamides is 1. The first-order valence-corrected chi connectivity index (χ1v) is 10.2. The molecule has 29 heavy (non-hydrogen) atoms. The highest BCUT2D eigenvalue weighted by Gasteiger charge is 2.31. The molecule has 0 atom stereocenters. The van der Waals surface area contributed by atoms with Crippen LogP contribution in [-0.4, -0.2) is 55.7 Å². The molecule has 152 valence electrons. The molecule has 11 heteroatoms. The zero-order chi connectivity index (χ0) is 21.0. The summed E-state index contributed by atoms with van der Waals surface area (Å²) in [4.78, 5) is 25.6. The molecule has 1 fully saturated rings. The quantitative estimate of drug-likeness (QED) is 0.710. The predicted molar refractivity (Wildman–Crippen MR) is 101 cm³/mol. The van der Waals surface area contributed by atoms with Crippen LogP contribution in [-0.2, 0) is 10.0 Å². The van der Waals surface area contributed by atoms with Crippen molar-refractivity contribution in [3.05, 3.63) is 53.5 Å². The first kappa shape index (κ1) is 20.4. The van der Waals surface area contributed by atoms with Crippen molar-refractivity contribution in [3.8, 4) is 6.07 Å². The fraction of sp³-hybridized carbons (Fsp3) is 0.278. The van der Waals surface area contributed by atoms with Gasteiger partial charge in [0, 0.05) is 26.2 Å².